The first-order valence-corrected chi connectivity index (χ1v) is 12.0. The van der Waals surface area contributed by atoms with Gasteiger partial charge in [-0.25, -0.2) is 0 Å². The van der Waals surface area contributed by atoms with Gasteiger partial charge in [-0.1, -0.05) is 32.9 Å². The van der Waals surface area contributed by atoms with Crippen LogP contribution in [-0.2, 0) is 14.9 Å². The van der Waals surface area contributed by atoms with E-state index >= 15 is 0 Å². The zero-order valence-electron chi connectivity index (χ0n) is 20.4. The Morgan fingerprint density at radius 2 is 1.75 bits per heavy atom. The summed E-state index contributed by atoms with van der Waals surface area (Å²) in [6, 6.07) is 9.57. The molecule has 1 aromatic carbocycles. The van der Waals surface area contributed by atoms with Crippen molar-refractivity contribution in [3.05, 3.63) is 29.8 Å². The number of anilines is 1. The van der Waals surface area contributed by atoms with Crippen molar-refractivity contribution in [2.24, 2.45) is 4.99 Å². The Morgan fingerprint density at radius 3 is 2.34 bits per heavy atom. The molecule has 3 rings (SSSR count). The second kappa shape index (κ2) is 13.6. The van der Waals surface area contributed by atoms with E-state index in [4.69, 9.17) is 9.47 Å². The third kappa shape index (κ3) is 8.71. The van der Waals surface area contributed by atoms with Crippen molar-refractivity contribution < 1.29 is 9.47 Å². The van der Waals surface area contributed by atoms with Crippen LogP contribution in [0.4, 0.5) is 5.69 Å². The van der Waals surface area contributed by atoms with Crippen LogP contribution in [-0.4, -0.2) is 64.6 Å². The predicted octanol–water partition coefficient (Wildman–Crippen LogP) is 4.32. The van der Waals surface area contributed by atoms with E-state index in [9.17, 15) is 0 Å². The average Bonchev–Trinajstić information content (AvgIpc) is 2.79. The van der Waals surface area contributed by atoms with Gasteiger partial charge in [0.2, 0.25) is 0 Å². The second-order valence-corrected chi connectivity index (χ2v) is 9.74. The highest BCUT2D eigenvalue weighted by Crippen LogP contribution is 2.26. The summed E-state index contributed by atoms with van der Waals surface area (Å²) in [6.45, 7) is 12.3. The summed E-state index contributed by atoms with van der Waals surface area (Å²) in [5, 5.41) is 7.04. The molecular formula is C25H43IN4O2. The molecule has 0 aliphatic carbocycles. The molecule has 32 heavy (non-hydrogen) atoms. The van der Waals surface area contributed by atoms with Crippen molar-refractivity contribution in [2.75, 3.05) is 51.4 Å². The summed E-state index contributed by atoms with van der Waals surface area (Å²) in [5.74, 6) is 0.902. The third-order valence-electron chi connectivity index (χ3n) is 6.29. The van der Waals surface area contributed by atoms with Gasteiger partial charge in [0.05, 0.1) is 6.10 Å². The van der Waals surface area contributed by atoms with Crippen LogP contribution in [0.25, 0.3) is 0 Å². The number of benzene rings is 1. The fraction of sp³-hybridized carbons (Fsp3) is 0.720. The first kappa shape index (κ1) is 27.2. The first-order valence-electron chi connectivity index (χ1n) is 12.0. The molecule has 2 aliphatic heterocycles. The van der Waals surface area contributed by atoms with Crippen LogP contribution in [0.3, 0.4) is 0 Å². The molecule has 0 aromatic heterocycles. The van der Waals surface area contributed by atoms with Crippen molar-refractivity contribution in [1.82, 2.24) is 10.6 Å². The van der Waals surface area contributed by atoms with E-state index in [1.807, 2.05) is 7.05 Å². The molecule has 2 saturated heterocycles. The van der Waals surface area contributed by atoms with Gasteiger partial charge < -0.3 is 25.0 Å². The van der Waals surface area contributed by atoms with Crippen molar-refractivity contribution >= 4 is 35.6 Å². The molecule has 1 aromatic rings. The molecule has 6 nitrogen and oxygen atoms in total. The highest BCUT2D eigenvalue weighted by atomic mass is 127. The number of guanidine groups is 1. The molecule has 0 radical (unpaired) electrons. The maximum absolute atomic E-state index is 5.94. The predicted molar refractivity (Wildman–Crippen MR) is 145 cm³/mol. The number of hydrogen-bond donors (Lipinski definition) is 2. The lowest BCUT2D eigenvalue weighted by molar-refractivity contribution is -0.0320. The lowest BCUT2D eigenvalue weighted by Crippen LogP contribution is -2.49. The van der Waals surface area contributed by atoms with E-state index in [1.165, 1.54) is 11.3 Å². The molecule has 0 bridgehead atoms. The van der Waals surface area contributed by atoms with Crippen molar-refractivity contribution in [3.63, 3.8) is 0 Å². The quantitative estimate of drug-likeness (QED) is 0.226. The number of aliphatic imine (C=N–C) groups is 1. The molecule has 2 aliphatic rings. The lowest BCUT2D eigenvalue weighted by atomic mass is 9.87. The number of nitrogens with one attached hydrogen (secondary N) is 2. The van der Waals surface area contributed by atoms with Gasteiger partial charge in [-0.05, 0) is 55.2 Å². The van der Waals surface area contributed by atoms with Gasteiger partial charge in [-0.15, -0.1) is 24.0 Å². The van der Waals surface area contributed by atoms with Crippen LogP contribution in [0.1, 0.15) is 58.4 Å². The minimum Gasteiger partial charge on any atom is -0.381 e. The number of piperidine rings is 1. The minimum atomic E-state index is 0. The van der Waals surface area contributed by atoms with Crippen molar-refractivity contribution in [1.29, 1.82) is 0 Å². The van der Waals surface area contributed by atoms with Gasteiger partial charge in [0.15, 0.2) is 5.96 Å². The number of ether oxygens (including phenoxy) is 2. The summed E-state index contributed by atoms with van der Waals surface area (Å²) in [6.07, 6.45) is 5.65. The summed E-state index contributed by atoms with van der Waals surface area (Å²) in [7, 11) is 1.85. The Hall–Kier alpha value is -1.06. The molecule has 0 saturated carbocycles. The second-order valence-electron chi connectivity index (χ2n) is 9.74. The van der Waals surface area contributed by atoms with E-state index in [2.05, 4.69) is 65.6 Å². The topological polar surface area (TPSA) is 58.1 Å². The Balaban J connectivity index is 0.00000363. The largest absolute Gasteiger partial charge is 0.381 e. The Bertz CT molecular complexity index is 676. The van der Waals surface area contributed by atoms with Crippen LogP contribution in [0, 0.1) is 0 Å². The molecule has 0 unspecified atom stereocenters. The zero-order chi connectivity index (χ0) is 22.1. The van der Waals surface area contributed by atoms with E-state index in [0.29, 0.717) is 12.1 Å². The zero-order valence-corrected chi connectivity index (χ0v) is 22.7. The molecule has 0 atom stereocenters. The van der Waals surface area contributed by atoms with Gasteiger partial charge >= 0.3 is 0 Å². The van der Waals surface area contributed by atoms with Crippen LogP contribution >= 0.6 is 24.0 Å². The van der Waals surface area contributed by atoms with Crippen LogP contribution in [0.5, 0.6) is 0 Å². The number of rotatable bonds is 7. The van der Waals surface area contributed by atoms with Crippen molar-refractivity contribution in [3.8, 4) is 0 Å². The highest BCUT2D eigenvalue weighted by Gasteiger charge is 2.21. The summed E-state index contributed by atoms with van der Waals surface area (Å²) in [4.78, 5) is 6.90. The van der Waals surface area contributed by atoms with Gasteiger partial charge in [-0.3, -0.25) is 4.99 Å². The van der Waals surface area contributed by atoms with Gasteiger partial charge in [0, 0.05) is 58.2 Å². The Kier molecular flexibility index (Phi) is 11.6. The van der Waals surface area contributed by atoms with Gasteiger partial charge in [0.25, 0.3) is 0 Å². The third-order valence-corrected chi connectivity index (χ3v) is 6.29. The number of hydrogen-bond acceptors (Lipinski definition) is 4. The molecule has 0 spiro atoms. The van der Waals surface area contributed by atoms with Crippen LogP contribution < -0.4 is 15.5 Å². The standard InChI is InChI=1S/C25H42N4O2.HI/c1-25(2,3)20-6-8-22(9-7-20)29-15-10-21(11-16-29)28-24(26-4)27-14-5-17-31-23-12-18-30-19-13-23;/h6-9,21,23H,5,10-19H2,1-4H3,(H2,26,27,28);1H. The summed E-state index contributed by atoms with van der Waals surface area (Å²) >= 11 is 0. The lowest BCUT2D eigenvalue weighted by Gasteiger charge is -2.35. The monoisotopic (exact) mass is 558 g/mol. The summed E-state index contributed by atoms with van der Waals surface area (Å²) < 4.78 is 11.3. The van der Waals surface area contributed by atoms with E-state index < -0.39 is 0 Å². The maximum atomic E-state index is 5.94. The molecule has 2 N–H and O–H groups in total. The number of halogens is 1. The van der Waals surface area contributed by atoms with Crippen LogP contribution in [0.15, 0.2) is 29.3 Å². The van der Waals surface area contributed by atoms with Crippen LogP contribution in [0.2, 0.25) is 0 Å². The molecule has 7 heteroatoms. The SMILES string of the molecule is CN=C(NCCCOC1CCOCC1)NC1CCN(c2ccc(C(C)(C)C)cc2)CC1.I. The minimum absolute atomic E-state index is 0. The molecule has 2 heterocycles. The van der Waals surface area contributed by atoms with Crippen molar-refractivity contribution in [2.45, 2.75) is 70.4 Å². The van der Waals surface area contributed by atoms with E-state index in [1.54, 1.807) is 0 Å². The Morgan fingerprint density at radius 1 is 1.09 bits per heavy atom. The fourth-order valence-electron chi connectivity index (χ4n) is 4.21. The molecule has 182 valence electrons. The normalized spacial score (nSPS) is 18.9. The molecular weight excluding hydrogens is 515 g/mol. The van der Waals surface area contributed by atoms with Gasteiger partial charge in [-0.2, -0.15) is 0 Å². The smallest absolute Gasteiger partial charge is 0.191 e. The summed E-state index contributed by atoms with van der Waals surface area (Å²) in [5.41, 5.74) is 2.93. The van der Waals surface area contributed by atoms with E-state index in [0.717, 1.165) is 77.5 Å². The highest BCUT2D eigenvalue weighted by molar-refractivity contribution is 14.0. The Labute approximate surface area is 211 Å². The first-order chi connectivity index (χ1) is 15.0. The average molecular weight is 559 g/mol. The fourth-order valence-corrected chi connectivity index (χ4v) is 4.21. The number of nitrogens with zero attached hydrogens (tertiary/aromatic N) is 2. The molecule has 2 fully saturated rings. The van der Waals surface area contributed by atoms with Gasteiger partial charge in [0.1, 0.15) is 0 Å². The molecule has 0 amide bonds. The maximum Gasteiger partial charge on any atom is 0.191 e. The van der Waals surface area contributed by atoms with E-state index in [-0.39, 0.29) is 29.4 Å².